The van der Waals surface area contributed by atoms with E-state index in [1.165, 1.54) is 0 Å². The van der Waals surface area contributed by atoms with Crippen molar-refractivity contribution in [1.29, 1.82) is 5.26 Å². The number of carbonyl (C=O) groups excluding carboxylic acids is 1. The van der Waals surface area contributed by atoms with E-state index in [9.17, 15) is 10.1 Å². The summed E-state index contributed by atoms with van der Waals surface area (Å²) in [5.41, 5.74) is 7.34. The maximum Gasteiger partial charge on any atom is 0.338 e. The van der Waals surface area contributed by atoms with Crippen molar-refractivity contribution >= 4 is 17.3 Å². The highest BCUT2D eigenvalue weighted by Gasteiger charge is 2.37. The smallest absolute Gasteiger partial charge is 0.338 e. The highest BCUT2D eigenvalue weighted by molar-refractivity contribution is 7.12. The van der Waals surface area contributed by atoms with Gasteiger partial charge in [-0.15, -0.1) is 11.3 Å². The molecular weight excluding hydrogens is 300 g/mol. The summed E-state index contributed by atoms with van der Waals surface area (Å²) in [7, 11) is 0. The van der Waals surface area contributed by atoms with E-state index in [2.05, 4.69) is 6.07 Å². The van der Waals surface area contributed by atoms with Gasteiger partial charge in [0.1, 0.15) is 17.4 Å². The number of hydrogen-bond acceptors (Lipinski definition) is 6. The molecule has 2 N–H and O–H groups in total. The van der Waals surface area contributed by atoms with Crippen molar-refractivity contribution in [2.45, 2.75) is 33.6 Å². The van der Waals surface area contributed by atoms with Crippen molar-refractivity contribution in [1.82, 2.24) is 0 Å². The van der Waals surface area contributed by atoms with E-state index in [4.69, 9.17) is 15.2 Å². The van der Waals surface area contributed by atoms with E-state index in [1.54, 1.807) is 25.2 Å². The molecule has 0 fully saturated rings. The first-order chi connectivity index (χ1) is 10.4. The molecule has 0 amide bonds. The van der Waals surface area contributed by atoms with Crippen molar-refractivity contribution in [2.75, 3.05) is 6.61 Å². The molecule has 0 radical (unpaired) electrons. The average Bonchev–Trinajstić information content (AvgIpc) is 2.76. The van der Waals surface area contributed by atoms with Crippen molar-refractivity contribution in [3.63, 3.8) is 0 Å². The summed E-state index contributed by atoms with van der Waals surface area (Å²) in [4.78, 5) is 14.5. The lowest BCUT2D eigenvalue weighted by Gasteiger charge is -2.26. The zero-order valence-corrected chi connectivity index (χ0v) is 13.8. The Bertz CT molecular complexity index is 722. The van der Waals surface area contributed by atoms with Gasteiger partial charge in [0, 0.05) is 9.75 Å². The minimum absolute atomic E-state index is 0.0429. The van der Waals surface area contributed by atoms with Crippen LogP contribution in [0.3, 0.4) is 0 Å². The maximum atomic E-state index is 12.3. The number of esters is 1. The largest absolute Gasteiger partial charge is 0.463 e. The van der Waals surface area contributed by atoms with Crippen LogP contribution < -0.4 is 5.73 Å². The molecule has 1 aliphatic rings. The Morgan fingerprint density at radius 3 is 2.68 bits per heavy atom. The molecule has 2 heterocycles. The Morgan fingerprint density at radius 2 is 2.18 bits per heavy atom. The van der Waals surface area contributed by atoms with Gasteiger partial charge in [-0.3, -0.25) is 0 Å². The van der Waals surface area contributed by atoms with Crippen LogP contribution in [0.5, 0.6) is 0 Å². The number of nitrogens with zero attached hydrogens (tertiary/aromatic N) is 1. The van der Waals surface area contributed by atoms with Crippen LogP contribution in [0, 0.1) is 25.2 Å². The fourth-order valence-electron chi connectivity index (χ4n) is 2.60. The van der Waals surface area contributed by atoms with Crippen molar-refractivity contribution in [3.8, 4) is 6.07 Å². The molecule has 2 rings (SSSR count). The molecule has 1 atom stereocenters. The molecule has 0 saturated carbocycles. The van der Waals surface area contributed by atoms with Gasteiger partial charge >= 0.3 is 5.97 Å². The first-order valence-corrected chi connectivity index (χ1v) is 7.74. The summed E-state index contributed by atoms with van der Waals surface area (Å²) in [5, 5.41) is 9.47. The maximum absolute atomic E-state index is 12.3. The minimum atomic E-state index is -0.539. The number of ether oxygens (including phenoxy) is 2. The Hall–Kier alpha value is -2.26. The van der Waals surface area contributed by atoms with E-state index in [-0.39, 0.29) is 18.1 Å². The molecule has 5 nitrogen and oxygen atoms in total. The van der Waals surface area contributed by atoms with Gasteiger partial charge in [0.15, 0.2) is 0 Å². The molecule has 0 saturated heterocycles. The summed E-state index contributed by atoms with van der Waals surface area (Å²) in [6.07, 6.45) is 0. The molecule has 1 aromatic rings. The fraction of sp³-hybridized carbons (Fsp3) is 0.375. The number of hydrogen-bond donors (Lipinski definition) is 1. The van der Waals surface area contributed by atoms with Crippen LogP contribution in [0.15, 0.2) is 28.9 Å². The van der Waals surface area contributed by atoms with Crippen molar-refractivity contribution in [2.24, 2.45) is 5.73 Å². The molecular formula is C16H18N2O3S. The topological polar surface area (TPSA) is 85.3 Å². The lowest BCUT2D eigenvalue weighted by molar-refractivity contribution is -0.139. The van der Waals surface area contributed by atoms with Crippen LogP contribution >= 0.6 is 11.3 Å². The van der Waals surface area contributed by atoms with Gasteiger partial charge in [0.2, 0.25) is 5.88 Å². The van der Waals surface area contributed by atoms with Gasteiger partial charge in [-0.1, -0.05) is 0 Å². The molecule has 0 spiro atoms. The van der Waals surface area contributed by atoms with Crippen LogP contribution in [0.2, 0.25) is 0 Å². The van der Waals surface area contributed by atoms with Gasteiger partial charge in [-0.05, 0) is 39.3 Å². The number of allylic oxidation sites excluding steroid dienone is 2. The van der Waals surface area contributed by atoms with Crippen molar-refractivity contribution in [3.05, 3.63) is 44.2 Å². The molecule has 0 aromatic carbocycles. The summed E-state index contributed by atoms with van der Waals surface area (Å²) < 4.78 is 10.5. The number of aryl methyl sites for hydroxylation is 2. The first-order valence-electron chi connectivity index (χ1n) is 6.93. The molecule has 1 aromatic heterocycles. The highest BCUT2D eigenvalue weighted by atomic mass is 32.1. The summed E-state index contributed by atoms with van der Waals surface area (Å²) in [6.45, 7) is 7.60. The Morgan fingerprint density at radius 1 is 1.50 bits per heavy atom. The van der Waals surface area contributed by atoms with Gasteiger partial charge < -0.3 is 15.2 Å². The fourth-order valence-corrected chi connectivity index (χ4v) is 3.57. The third-order valence-electron chi connectivity index (χ3n) is 3.49. The van der Waals surface area contributed by atoms with Crippen LogP contribution in [-0.2, 0) is 14.3 Å². The monoisotopic (exact) mass is 318 g/mol. The standard InChI is InChI=1S/C16H18N2O3S/c1-5-20-16(19)13-9(3)21-15(18)12(7-17)14(13)11-6-8(2)22-10(11)4/h6,14H,5,18H2,1-4H3/t14-/m0/s1. The zero-order valence-electron chi connectivity index (χ0n) is 13.0. The van der Waals surface area contributed by atoms with Gasteiger partial charge in [0.25, 0.3) is 0 Å². The summed E-state index contributed by atoms with van der Waals surface area (Å²) in [6, 6.07) is 4.06. The molecule has 116 valence electrons. The SMILES string of the molecule is CCOC(=O)C1=C(C)OC(N)=C(C#N)[C@@H]1c1cc(C)sc1C. The number of rotatable bonds is 3. The summed E-state index contributed by atoms with van der Waals surface area (Å²) in [5.74, 6) is -0.597. The van der Waals surface area contributed by atoms with E-state index in [1.807, 2.05) is 19.9 Å². The lowest BCUT2D eigenvalue weighted by atomic mass is 9.83. The lowest BCUT2D eigenvalue weighted by Crippen LogP contribution is -2.25. The van der Waals surface area contributed by atoms with Crippen molar-refractivity contribution < 1.29 is 14.3 Å². The number of thiophene rings is 1. The van der Waals surface area contributed by atoms with Crippen LogP contribution in [0.4, 0.5) is 0 Å². The minimum Gasteiger partial charge on any atom is -0.463 e. The van der Waals surface area contributed by atoms with E-state index in [0.717, 1.165) is 15.3 Å². The number of nitrogens with two attached hydrogens (primary N) is 1. The third-order valence-corrected chi connectivity index (χ3v) is 4.47. The quantitative estimate of drug-likeness (QED) is 0.866. The van der Waals surface area contributed by atoms with E-state index >= 15 is 0 Å². The highest BCUT2D eigenvalue weighted by Crippen LogP contribution is 2.42. The average molecular weight is 318 g/mol. The second kappa shape index (κ2) is 6.24. The second-order valence-corrected chi connectivity index (χ2v) is 6.44. The third kappa shape index (κ3) is 2.72. The second-order valence-electron chi connectivity index (χ2n) is 4.98. The predicted molar refractivity (Wildman–Crippen MR) is 83.8 cm³/mol. The van der Waals surface area contributed by atoms with Crippen LogP contribution in [-0.4, -0.2) is 12.6 Å². The number of nitriles is 1. The Balaban J connectivity index is 2.64. The predicted octanol–water partition coefficient (Wildman–Crippen LogP) is 3.01. The summed E-state index contributed by atoms with van der Waals surface area (Å²) >= 11 is 1.62. The first kappa shape index (κ1) is 16.1. The normalized spacial score (nSPS) is 18.0. The van der Waals surface area contributed by atoms with E-state index < -0.39 is 11.9 Å². The van der Waals surface area contributed by atoms with Crippen LogP contribution in [0.25, 0.3) is 0 Å². The molecule has 0 bridgehead atoms. The van der Waals surface area contributed by atoms with Gasteiger partial charge in [-0.2, -0.15) is 5.26 Å². The van der Waals surface area contributed by atoms with Gasteiger partial charge in [0.05, 0.1) is 18.1 Å². The zero-order chi connectivity index (χ0) is 16.4. The number of carbonyl (C=O) groups is 1. The Labute approximate surface area is 133 Å². The van der Waals surface area contributed by atoms with E-state index in [0.29, 0.717) is 11.3 Å². The molecule has 0 unspecified atom stereocenters. The van der Waals surface area contributed by atoms with Gasteiger partial charge in [-0.25, -0.2) is 4.79 Å². The molecule has 22 heavy (non-hydrogen) atoms. The molecule has 1 aliphatic heterocycles. The molecule has 0 aliphatic carbocycles. The Kier molecular flexibility index (Phi) is 4.57. The molecule has 6 heteroatoms. The van der Waals surface area contributed by atoms with Crippen LogP contribution in [0.1, 0.15) is 35.1 Å².